The van der Waals surface area contributed by atoms with E-state index < -0.39 is 8.07 Å². The third-order valence-corrected chi connectivity index (χ3v) is 17.8. The molecule has 2 nitrogen and oxygen atoms in total. The van der Waals surface area contributed by atoms with Gasteiger partial charge in [0.15, 0.2) is 8.07 Å². The van der Waals surface area contributed by atoms with Crippen LogP contribution in [0.25, 0.3) is 77.2 Å². The molecule has 0 aliphatic heterocycles. The highest BCUT2D eigenvalue weighted by atomic mass is 28.3. The molecule has 3 heteroatoms. The van der Waals surface area contributed by atoms with Gasteiger partial charge in [0, 0.05) is 27.2 Å². The highest BCUT2D eigenvalue weighted by Gasteiger charge is 2.41. The van der Waals surface area contributed by atoms with E-state index in [9.17, 15) is 0 Å². The molecule has 0 saturated heterocycles. The number of nitrogens with zero attached hydrogens (tertiary/aromatic N) is 2. The summed E-state index contributed by atoms with van der Waals surface area (Å²) in [7, 11) is -2.76. The fourth-order valence-corrected chi connectivity index (χ4v) is 15.1. The third-order valence-electron chi connectivity index (χ3n) is 13.0. The largest absolute Gasteiger partial charge is 0.309 e. The second kappa shape index (κ2) is 15.2. The summed E-state index contributed by atoms with van der Waals surface area (Å²) >= 11 is 0. The molecule has 2 heterocycles. The Morgan fingerprint density at radius 3 is 1.25 bits per heavy atom. The molecule has 63 heavy (non-hydrogen) atoms. The Labute approximate surface area is 368 Å². The van der Waals surface area contributed by atoms with E-state index >= 15 is 0 Å². The molecule has 0 radical (unpaired) electrons. The molecule has 0 aliphatic rings. The maximum Gasteiger partial charge on any atom is 0.179 e. The Balaban J connectivity index is 1.13. The number of rotatable bonds is 8. The molecule has 0 spiro atoms. The molecule has 0 saturated carbocycles. The van der Waals surface area contributed by atoms with Crippen LogP contribution in [0.15, 0.2) is 255 Å². The monoisotopic (exact) mass is 818 g/mol. The minimum Gasteiger partial charge on any atom is -0.309 e. The van der Waals surface area contributed by atoms with Crippen LogP contribution in [0.4, 0.5) is 0 Å². The lowest BCUT2D eigenvalue weighted by molar-refractivity contribution is 1.17. The summed E-state index contributed by atoms with van der Waals surface area (Å²) in [6, 6.07) is 94.2. The molecule has 0 fully saturated rings. The van der Waals surface area contributed by atoms with Crippen molar-refractivity contribution in [3.63, 3.8) is 0 Å². The zero-order valence-electron chi connectivity index (χ0n) is 34.6. The van der Waals surface area contributed by atoms with Gasteiger partial charge in [0.1, 0.15) is 0 Å². The average molecular weight is 819 g/mol. The summed E-state index contributed by atoms with van der Waals surface area (Å²) in [6.07, 6.45) is 0. The SMILES string of the molecule is c1ccc(-c2cc(-c3ccccc3)cc(-n3c4ccccc4c4c(-n5c6ccccc6c6cc([Si](c7ccccc7)(c7ccccc7)c7ccccc7)ccc65)cccc43)c2)cc1. The van der Waals surface area contributed by atoms with Crippen LogP contribution in [0.2, 0.25) is 0 Å². The molecule has 0 amide bonds. The van der Waals surface area contributed by atoms with E-state index in [-0.39, 0.29) is 0 Å². The molecular formula is C60H42N2Si. The molecule has 0 unspecified atom stereocenters. The number of fused-ring (bicyclic) bond motifs is 6. The summed E-state index contributed by atoms with van der Waals surface area (Å²) in [5.74, 6) is 0. The number of para-hydroxylation sites is 2. The smallest absolute Gasteiger partial charge is 0.179 e. The van der Waals surface area contributed by atoms with Crippen LogP contribution < -0.4 is 20.7 Å². The third kappa shape index (κ3) is 5.93. The molecule has 296 valence electrons. The average Bonchev–Trinajstić information content (AvgIpc) is 3.89. The predicted molar refractivity (Wildman–Crippen MR) is 270 cm³/mol. The fourth-order valence-electron chi connectivity index (χ4n) is 10.3. The van der Waals surface area contributed by atoms with Crippen molar-refractivity contribution in [2.24, 2.45) is 0 Å². The van der Waals surface area contributed by atoms with Crippen molar-refractivity contribution in [1.82, 2.24) is 9.13 Å². The first kappa shape index (κ1) is 36.8. The molecule has 12 rings (SSSR count). The minimum absolute atomic E-state index is 1.13. The first-order chi connectivity index (χ1) is 31.3. The van der Waals surface area contributed by atoms with Crippen molar-refractivity contribution in [1.29, 1.82) is 0 Å². The summed E-state index contributed by atoms with van der Waals surface area (Å²) in [5, 5.41) is 10.4. The van der Waals surface area contributed by atoms with Gasteiger partial charge in [0.05, 0.1) is 27.8 Å². The molecule has 10 aromatic carbocycles. The normalized spacial score (nSPS) is 11.8. The zero-order valence-corrected chi connectivity index (χ0v) is 35.6. The molecule has 0 aliphatic carbocycles. The maximum absolute atomic E-state index is 2.76. The Bertz CT molecular complexity index is 3440. The molecule has 0 atom stereocenters. The number of hydrogen-bond acceptors (Lipinski definition) is 0. The maximum atomic E-state index is 2.52. The summed E-state index contributed by atoms with van der Waals surface area (Å²) in [4.78, 5) is 0. The van der Waals surface area contributed by atoms with Crippen molar-refractivity contribution in [2.45, 2.75) is 0 Å². The lowest BCUT2D eigenvalue weighted by atomic mass is 9.98. The van der Waals surface area contributed by atoms with E-state index in [1.165, 1.54) is 92.3 Å². The second-order valence-electron chi connectivity index (χ2n) is 16.5. The van der Waals surface area contributed by atoms with Crippen LogP contribution in [-0.4, -0.2) is 17.2 Å². The quantitative estimate of drug-likeness (QED) is 0.107. The molecule has 12 aromatic rings. The van der Waals surface area contributed by atoms with Gasteiger partial charge in [0.2, 0.25) is 0 Å². The fraction of sp³-hybridized carbons (Fsp3) is 0. The Morgan fingerprint density at radius 2 is 0.698 bits per heavy atom. The molecule has 2 aromatic heterocycles. The standard InChI is InChI=1S/C60H42N2Si/c1-6-21-43(22-7-1)45-39-46(44-23-8-2-9-24-44)41-47(40-45)61-56-34-19-17-32-53(56)60-58(61)35-20-36-59(60)62-55-33-18-16-31-52(55)54-42-51(37-38-57(54)62)63(48-25-10-3-11-26-48,49-27-12-4-13-28-49)50-29-14-5-15-30-50/h1-42H. The van der Waals surface area contributed by atoms with Gasteiger partial charge in [-0.2, -0.15) is 0 Å². The van der Waals surface area contributed by atoms with Gasteiger partial charge in [0.25, 0.3) is 0 Å². The first-order valence-corrected chi connectivity index (χ1v) is 23.8. The van der Waals surface area contributed by atoms with Crippen molar-refractivity contribution < 1.29 is 0 Å². The lowest BCUT2D eigenvalue weighted by Crippen LogP contribution is -2.74. The summed E-state index contributed by atoms with van der Waals surface area (Å²) < 4.78 is 4.98. The van der Waals surface area contributed by atoms with Gasteiger partial charge in [-0.25, -0.2) is 0 Å². The van der Waals surface area contributed by atoms with Gasteiger partial charge in [-0.05, 0) is 91.5 Å². The predicted octanol–water partition coefficient (Wildman–Crippen LogP) is 12.6. The van der Waals surface area contributed by atoms with Gasteiger partial charge in [-0.3, -0.25) is 0 Å². The van der Waals surface area contributed by atoms with E-state index in [1.807, 2.05) is 0 Å². The van der Waals surface area contributed by atoms with E-state index in [2.05, 4.69) is 264 Å². The Morgan fingerprint density at radius 1 is 0.254 bits per heavy atom. The number of hydrogen-bond donors (Lipinski definition) is 0. The van der Waals surface area contributed by atoms with E-state index in [0.717, 1.165) is 5.69 Å². The summed E-state index contributed by atoms with van der Waals surface area (Å²) in [5.41, 5.74) is 11.8. The Kier molecular flexibility index (Phi) is 8.87. The number of aromatic nitrogens is 2. The van der Waals surface area contributed by atoms with Crippen LogP contribution in [-0.2, 0) is 0 Å². The molecule has 0 N–H and O–H groups in total. The highest BCUT2D eigenvalue weighted by Crippen LogP contribution is 2.41. The van der Waals surface area contributed by atoms with Crippen molar-refractivity contribution in [3.8, 4) is 33.6 Å². The van der Waals surface area contributed by atoms with E-state index in [4.69, 9.17) is 0 Å². The highest BCUT2D eigenvalue weighted by molar-refractivity contribution is 7.20. The van der Waals surface area contributed by atoms with Crippen LogP contribution in [0, 0.1) is 0 Å². The van der Waals surface area contributed by atoms with Crippen LogP contribution >= 0.6 is 0 Å². The van der Waals surface area contributed by atoms with Gasteiger partial charge in [-0.15, -0.1) is 0 Å². The minimum atomic E-state index is -2.76. The van der Waals surface area contributed by atoms with E-state index in [0.29, 0.717) is 0 Å². The van der Waals surface area contributed by atoms with Crippen molar-refractivity contribution in [3.05, 3.63) is 255 Å². The van der Waals surface area contributed by atoms with Crippen LogP contribution in [0.1, 0.15) is 0 Å². The van der Waals surface area contributed by atoms with Gasteiger partial charge < -0.3 is 9.13 Å². The van der Waals surface area contributed by atoms with E-state index in [1.54, 1.807) is 0 Å². The lowest BCUT2D eigenvalue weighted by Gasteiger charge is -2.34. The summed E-state index contributed by atoms with van der Waals surface area (Å²) in [6.45, 7) is 0. The molecule has 0 bridgehead atoms. The van der Waals surface area contributed by atoms with Crippen molar-refractivity contribution in [2.75, 3.05) is 0 Å². The van der Waals surface area contributed by atoms with Crippen molar-refractivity contribution >= 4 is 72.4 Å². The van der Waals surface area contributed by atoms with Crippen LogP contribution in [0.5, 0.6) is 0 Å². The topological polar surface area (TPSA) is 9.86 Å². The molecular weight excluding hydrogens is 777 g/mol. The number of benzene rings is 10. The van der Waals surface area contributed by atoms with Gasteiger partial charge >= 0.3 is 0 Å². The zero-order chi connectivity index (χ0) is 41.7. The second-order valence-corrected chi connectivity index (χ2v) is 20.3. The van der Waals surface area contributed by atoms with Gasteiger partial charge in [-0.1, -0.05) is 206 Å². The van der Waals surface area contributed by atoms with Crippen LogP contribution in [0.3, 0.4) is 0 Å². The Hall–Kier alpha value is -7.98. The first-order valence-electron chi connectivity index (χ1n) is 21.8.